The van der Waals surface area contributed by atoms with Crippen LogP contribution in [0, 0.1) is 0 Å². The zero-order valence-electron chi connectivity index (χ0n) is 7.03. The van der Waals surface area contributed by atoms with Crippen molar-refractivity contribution in [3.63, 3.8) is 0 Å². The summed E-state index contributed by atoms with van der Waals surface area (Å²) in [6.07, 6.45) is 3.30. The molecule has 0 radical (unpaired) electrons. The largest absolute Gasteiger partial charge is 0.740 e. The van der Waals surface area contributed by atoms with E-state index in [1.165, 1.54) is 6.92 Å². The van der Waals surface area contributed by atoms with E-state index in [1.54, 1.807) is 6.08 Å². The highest BCUT2D eigenvalue weighted by atomic mass is 32.2. The Kier molecular flexibility index (Phi) is 5.57. The van der Waals surface area contributed by atoms with Crippen molar-refractivity contribution in [2.24, 2.45) is 0 Å². The van der Waals surface area contributed by atoms with Gasteiger partial charge in [-0.2, -0.15) is 0 Å². The van der Waals surface area contributed by atoms with Gasteiger partial charge in [-0.3, -0.25) is 0 Å². The van der Waals surface area contributed by atoms with Gasteiger partial charge in [0.05, 0.1) is 0 Å². The molecule has 0 aliphatic carbocycles. The van der Waals surface area contributed by atoms with Crippen LogP contribution in [-0.2, 0) is 20.3 Å². The molecule has 70 valence electrons. The van der Waals surface area contributed by atoms with E-state index in [0.717, 1.165) is 12.8 Å². The molecular formula is C7H11O4S-. The number of carbonyl (C=O) groups excluding carboxylic acids is 1. The Morgan fingerprint density at radius 3 is 2.67 bits per heavy atom. The number of rotatable bonds is 4. The van der Waals surface area contributed by atoms with Gasteiger partial charge in [0.15, 0.2) is 0 Å². The average Bonchev–Trinajstić information content (AvgIpc) is 1.98. The van der Waals surface area contributed by atoms with Crippen LogP contribution in [0.1, 0.15) is 26.7 Å². The van der Waals surface area contributed by atoms with Crippen molar-refractivity contribution >= 4 is 17.3 Å². The minimum absolute atomic E-state index is 0.320. The highest BCUT2D eigenvalue weighted by Gasteiger charge is 2.04. The van der Waals surface area contributed by atoms with E-state index in [4.69, 9.17) is 0 Å². The molecule has 0 aliphatic rings. The molecule has 12 heavy (non-hydrogen) atoms. The maximum absolute atomic E-state index is 10.8. The number of unbranched alkanes of at least 4 members (excludes halogenated alkanes) is 1. The summed E-state index contributed by atoms with van der Waals surface area (Å²) in [6.45, 7) is 3.48. The van der Waals surface area contributed by atoms with Crippen molar-refractivity contribution in [3.8, 4) is 0 Å². The second-order valence-corrected chi connectivity index (χ2v) is 2.83. The molecule has 0 spiro atoms. The van der Waals surface area contributed by atoms with Crippen LogP contribution in [0.4, 0.5) is 0 Å². The Labute approximate surface area is 74.1 Å². The maximum atomic E-state index is 10.8. The van der Waals surface area contributed by atoms with Gasteiger partial charge < -0.3 is 8.74 Å². The lowest BCUT2D eigenvalue weighted by molar-refractivity contribution is -0.129. The van der Waals surface area contributed by atoms with E-state index in [-0.39, 0.29) is 0 Å². The van der Waals surface area contributed by atoms with E-state index in [2.05, 4.69) is 4.18 Å². The summed E-state index contributed by atoms with van der Waals surface area (Å²) >= 11 is -2.76. The minimum atomic E-state index is -2.76. The van der Waals surface area contributed by atoms with Crippen LogP contribution in [0.2, 0.25) is 0 Å². The second kappa shape index (κ2) is 5.91. The quantitative estimate of drug-likeness (QED) is 0.492. The topological polar surface area (TPSA) is 66.4 Å². The Morgan fingerprint density at radius 2 is 2.25 bits per heavy atom. The van der Waals surface area contributed by atoms with Gasteiger partial charge in [-0.15, -0.1) is 0 Å². The van der Waals surface area contributed by atoms with Crippen LogP contribution in [0.15, 0.2) is 11.6 Å². The second-order valence-electron chi connectivity index (χ2n) is 2.25. The predicted octanol–water partition coefficient (Wildman–Crippen LogP) is 1.07. The van der Waals surface area contributed by atoms with Crippen LogP contribution in [0.5, 0.6) is 0 Å². The monoisotopic (exact) mass is 191 g/mol. The number of hydrogen-bond donors (Lipinski definition) is 0. The predicted molar refractivity (Wildman–Crippen MR) is 43.7 cm³/mol. The molecule has 1 atom stereocenters. The van der Waals surface area contributed by atoms with Crippen molar-refractivity contribution < 1.29 is 17.7 Å². The first-order valence-electron chi connectivity index (χ1n) is 3.56. The fraction of sp³-hybridized carbons (Fsp3) is 0.571. The van der Waals surface area contributed by atoms with Gasteiger partial charge in [-0.25, -0.2) is 9.00 Å². The van der Waals surface area contributed by atoms with E-state index < -0.39 is 17.3 Å². The van der Waals surface area contributed by atoms with Crippen LogP contribution in [-0.4, -0.2) is 14.7 Å². The third-order valence-electron chi connectivity index (χ3n) is 1.20. The maximum Gasteiger partial charge on any atom is 0.346 e. The van der Waals surface area contributed by atoms with E-state index in [9.17, 15) is 13.6 Å². The van der Waals surface area contributed by atoms with Gasteiger partial charge in [0.25, 0.3) is 0 Å². The molecule has 0 aromatic rings. The molecule has 0 rings (SSSR count). The molecule has 1 unspecified atom stereocenters. The van der Waals surface area contributed by atoms with Crippen molar-refractivity contribution in [1.82, 2.24) is 0 Å². The Hall–Kier alpha value is -0.680. The molecule has 0 aromatic heterocycles. The summed E-state index contributed by atoms with van der Waals surface area (Å²) in [7, 11) is 0. The molecule has 5 heteroatoms. The van der Waals surface area contributed by atoms with Crippen LogP contribution in [0.3, 0.4) is 0 Å². The summed E-state index contributed by atoms with van der Waals surface area (Å²) in [5.74, 6) is -0.809. The van der Waals surface area contributed by atoms with Gasteiger partial charge in [0, 0.05) is 5.57 Å². The lowest BCUT2D eigenvalue weighted by atomic mass is 10.2. The third kappa shape index (κ3) is 5.03. The zero-order valence-corrected chi connectivity index (χ0v) is 7.85. The lowest BCUT2D eigenvalue weighted by Gasteiger charge is -2.04. The first-order valence-corrected chi connectivity index (χ1v) is 4.56. The van der Waals surface area contributed by atoms with Gasteiger partial charge in [0.2, 0.25) is 0 Å². The van der Waals surface area contributed by atoms with Gasteiger partial charge >= 0.3 is 5.97 Å². The normalized spacial score (nSPS) is 14.1. The van der Waals surface area contributed by atoms with Gasteiger partial charge in [-0.1, -0.05) is 19.4 Å². The number of carbonyl (C=O) groups is 1. The van der Waals surface area contributed by atoms with Crippen molar-refractivity contribution in [3.05, 3.63) is 11.6 Å². The van der Waals surface area contributed by atoms with Gasteiger partial charge in [-0.05, 0) is 13.3 Å². The SMILES string of the molecule is CCCC=C(C)C(=O)OS(=O)[O-]. The first kappa shape index (κ1) is 11.3. The van der Waals surface area contributed by atoms with Crippen LogP contribution in [0.25, 0.3) is 0 Å². The highest BCUT2D eigenvalue weighted by Crippen LogP contribution is 2.01. The molecule has 0 saturated heterocycles. The molecule has 0 amide bonds. The summed E-state index contributed by atoms with van der Waals surface area (Å²) in [5.41, 5.74) is 0.320. The Bertz CT molecular complexity index is 209. The first-order chi connectivity index (χ1) is 5.57. The van der Waals surface area contributed by atoms with Crippen molar-refractivity contribution in [1.29, 1.82) is 0 Å². The zero-order chi connectivity index (χ0) is 9.56. The minimum Gasteiger partial charge on any atom is -0.740 e. The lowest BCUT2D eigenvalue weighted by Crippen LogP contribution is -2.07. The standard InChI is InChI=1S/C7H12O4S/c1-3-4-5-6(2)7(8)11-12(9)10/h5H,3-4H2,1-2H3,(H,9,10)/p-1. The number of allylic oxidation sites excluding steroid dienone is 1. The molecule has 0 saturated carbocycles. The van der Waals surface area contributed by atoms with Crippen molar-refractivity contribution in [2.75, 3.05) is 0 Å². The Morgan fingerprint density at radius 1 is 1.67 bits per heavy atom. The fourth-order valence-corrected chi connectivity index (χ4v) is 0.827. The summed E-state index contributed by atoms with van der Waals surface area (Å²) < 4.78 is 23.8. The van der Waals surface area contributed by atoms with Gasteiger partial charge in [0.1, 0.15) is 11.4 Å². The molecule has 0 aromatic carbocycles. The molecular weight excluding hydrogens is 180 g/mol. The van der Waals surface area contributed by atoms with E-state index in [1.807, 2.05) is 6.92 Å². The van der Waals surface area contributed by atoms with E-state index in [0.29, 0.717) is 5.57 Å². The molecule has 0 N–H and O–H groups in total. The van der Waals surface area contributed by atoms with E-state index >= 15 is 0 Å². The summed E-state index contributed by atoms with van der Waals surface area (Å²) in [6, 6.07) is 0. The van der Waals surface area contributed by atoms with Crippen molar-refractivity contribution in [2.45, 2.75) is 26.7 Å². The summed E-state index contributed by atoms with van der Waals surface area (Å²) in [4.78, 5) is 10.8. The molecule has 0 aliphatic heterocycles. The average molecular weight is 191 g/mol. The molecule has 4 nitrogen and oxygen atoms in total. The number of hydrogen-bond acceptors (Lipinski definition) is 4. The third-order valence-corrected chi connectivity index (χ3v) is 1.49. The highest BCUT2D eigenvalue weighted by molar-refractivity contribution is 7.74. The fourth-order valence-electron chi connectivity index (χ4n) is 0.572. The summed E-state index contributed by atoms with van der Waals surface area (Å²) in [5, 5.41) is 0. The Balaban J connectivity index is 4.00. The smallest absolute Gasteiger partial charge is 0.346 e. The van der Waals surface area contributed by atoms with Crippen LogP contribution >= 0.6 is 0 Å². The molecule has 0 fully saturated rings. The molecule has 0 bridgehead atoms. The molecule has 0 heterocycles. The van der Waals surface area contributed by atoms with Crippen LogP contribution < -0.4 is 0 Å².